The largest absolute Gasteiger partial charge is 0.457 e. The highest BCUT2D eigenvalue weighted by molar-refractivity contribution is 7.26. The van der Waals surface area contributed by atoms with Crippen molar-refractivity contribution in [2.24, 2.45) is 0 Å². The van der Waals surface area contributed by atoms with Crippen LogP contribution in [-0.4, -0.2) is 9.97 Å². The van der Waals surface area contributed by atoms with E-state index in [4.69, 9.17) is 14.7 Å². The Labute approximate surface area is 334 Å². The fourth-order valence-corrected chi connectivity index (χ4v) is 10.4. The van der Waals surface area contributed by atoms with Gasteiger partial charge in [-0.05, 0) is 75.8 Å². The Kier molecular flexibility index (Phi) is 7.01. The van der Waals surface area contributed by atoms with Gasteiger partial charge in [0, 0.05) is 48.0 Å². The Hall–Kier alpha value is -7.14. The van der Waals surface area contributed by atoms with Crippen LogP contribution in [0.1, 0.15) is 22.3 Å². The Bertz CT molecular complexity index is 3170. The number of fused-ring (bicyclic) bond motifs is 13. The van der Waals surface area contributed by atoms with Crippen LogP contribution in [0.25, 0.3) is 76.3 Å². The minimum Gasteiger partial charge on any atom is -0.457 e. The van der Waals surface area contributed by atoms with Crippen LogP contribution in [0.2, 0.25) is 0 Å². The number of rotatable bonds is 4. The summed E-state index contributed by atoms with van der Waals surface area (Å²) in [5, 5.41) is 2.64. The summed E-state index contributed by atoms with van der Waals surface area (Å²) in [7, 11) is 0. The van der Waals surface area contributed by atoms with Gasteiger partial charge < -0.3 is 4.74 Å². The number of thiophene rings is 1. The molecule has 0 saturated carbocycles. The summed E-state index contributed by atoms with van der Waals surface area (Å²) in [6.45, 7) is 0. The first kappa shape index (κ1) is 32.1. The van der Waals surface area contributed by atoms with E-state index in [1.165, 1.54) is 42.4 Å². The van der Waals surface area contributed by atoms with Gasteiger partial charge in [0.25, 0.3) is 0 Å². The van der Waals surface area contributed by atoms with Gasteiger partial charge >= 0.3 is 0 Å². The number of para-hydroxylation sites is 1. The number of hydrogen-bond acceptors (Lipinski definition) is 4. The van der Waals surface area contributed by atoms with Crippen molar-refractivity contribution in [2.45, 2.75) is 5.41 Å². The first-order chi connectivity index (χ1) is 28.2. The normalized spacial score (nSPS) is 14.9. The van der Waals surface area contributed by atoms with Crippen LogP contribution in [0.3, 0.4) is 0 Å². The molecule has 4 heteroatoms. The Morgan fingerprint density at radius 2 is 1.05 bits per heavy atom. The van der Waals surface area contributed by atoms with Crippen LogP contribution in [0.4, 0.5) is 0 Å². The second-order valence-electron chi connectivity index (χ2n) is 14.8. The van der Waals surface area contributed by atoms with Crippen LogP contribution in [0.15, 0.2) is 194 Å². The van der Waals surface area contributed by atoms with Crippen molar-refractivity contribution in [3.05, 3.63) is 216 Å². The van der Waals surface area contributed by atoms with E-state index in [0.717, 1.165) is 61.8 Å². The Balaban J connectivity index is 1.07. The van der Waals surface area contributed by atoms with E-state index in [9.17, 15) is 0 Å². The van der Waals surface area contributed by atoms with Crippen molar-refractivity contribution >= 4 is 31.5 Å². The second-order valence-corrected chi connectivity index (χ2v) is 15.9. The monoisotopic (exact) mass is 744 g/mol. The van der Waals surface area contributed by atoms with Crippen molar-refractivity contribution in [3.8, 4) is 67.7 Å². The van der Waals surface area contributed by atoms with E-state index >= 15 is 0 Å². The third-order valence-electron chi connectivity index (χ3n) is 11.8. The molecular formula is C53H32N2OS. The molecule has 57 heavy (non-hydrogen) atoms. The van der Waals surface area contributed by atoms with Gasteiger partial charge in [0.05, 0.1) is 16.8 Å². The van der Waals surface area contributed by atoms with E-state index in [0.29, 0.717) is 5.82 Å². The molecule has 0 fully saturated rings. The molecule has 0 amide bonds. The van der Waals surface area contributed by atoms with E-state index in [2.05, 4.69) is 170 Å². The molecule has 1 spiro atoms. The molecule has 0 saturated heterocycles. The first-order valence-electron chi connectivity index (χ1n) is 19.3. The standard InChI is InChI=1S/C53H32N2OS/c1-3-14-33(15-4-1)44-32-45(55-52(54-44)34-16-5-2-6-17-34)37-19-13-18-35(30-37)36-26-28-47-43(31-36)53(41-23-10-11-24-46(41)56-47)40-22-9-7-20-38(40)50-42(53)27-29-49-51(50)39-21-8-12-25-48(39)57-49/h1-32H. The molecule has 8 aromatic carbocycles. The quantitative estimate of drug-likeness (QED) is 0.180. The summed E-state index contributed by atoms with van der Waals surface area (Å²) in [6.07, 6.45) is 0. The fraction of sp³-hybridized carbons (Fsp3) is 0.0189. The zero-order valence-electron chi connectivity index (χ0n) is 30.7. The predicted molar refractivity (Wildman–Crippen MR) is 234 cm³/mol. The maximum absolute atomic E-state index is 6.82. The lowest BCUT2D eigenvalue weighted by atomic mass is 9.65. The molecule has 3 nitrogen and oxygen atoms in total. The van der Waals surface area contributed by atoms with Gasteiger partial charge in [0.2, 0.25) is 0 Å². The van der Waals surface area contributed by atoms with Gasteiger partial charge in [0.15, 0.2) is 5.82 Å². The van der Waals surface area contributed by atoms with Crippen LogP contribution in [0, 0.1) is 0 Å². The number of aromatic nitrogens is 2. The molecule has 0 N–H and O–H groups in total. The maximum atomic E-state index is 6.82. The van der Waals surface area contributed by atoms with Gasteiger partial charge in [-0.2, -0.15) is 0 Å². The molecule has 1 atom stereocenters. The van der Waals surface area contributed by atoms with Crippen molar-refractivity contribution < 1.29 is 4.74 Å². The summed E-state index contributed by atoms with van der Waals surface area (Å²) in [5.41, 5.74) is 14.0. The number of hydrogen-bond donors (Lipinski definition) is 0. The highest BCUT2D eigenvalue weighted by Gasteiger charge is 2.51. The van der Waals surface area contributed by atoms with E-state index in [1.807, 2.05) is 35.6 Å². The van der Waals surface area contributed by atoms with Crippen LogP contribution < -0.4 is 4.74 Å². The molecule has 10 aromatic rings. The van der Waals surface area contributed by atoms with Gasteiger partial charge in [0.1, 0.15) is 11.5 Å². The summed E-state index contributed by atoms with van der Waals surface area (Å²) < 4.78 is 9.44. The van der Waals surface area contributed by atoms with Crippen LogP contribution in [-0.2, 0) is 5.41 Å². The highest BCUT2D eigenvalue weighted by atomic mass is 32.1. The minimum atomic E-state index is -0.581. The Morgan fingerprint density at radius 1 is 0.404 bits per heavy atom. The topological polar surface area (TPSA) is 35.0 Å². The van der Waals surface area contributed by atoms with Gasteiger partial charge in [-0.1, -0.05) is 152 Å². The van der Waals surface area contributed by atoms with Crippen molar-refractivity contribution in [1.29, 1.82) is 0 Å². The van der Waals surface area contributed by atoms with Crippen LogP contribution >= 0.6 is 11.3 Å². The molecule has 2 aromatic heterocycles. The highest BCUT2D eigenvalue weighted by Crippen LogP contribution is 2.64. The maximum Gasteiger partial charge on any atom is 0.160 e. The summed E-state index contributed by atoms with van der Waals surface area (Å²) in [5.74, 6) is 2.47. The molecule has 0 radical (unpaired) electrons. The number of ether oxygens (including phenoxy) is 1. The fourth-order valence-electron chi connectivity index (χ4n) is 9.31. The lowest BCUT2D eigenvalue weighted by molar-refractivity contribution is 0.436. The molecular weight excluding hydrogens is 713 g/mol. The van der Waals surface area contributed by atoms with E-state index in [1.54, 1.807) is 0 Å². The first-order valence-corrected chi connectivity index (χ1v) is 20.1. The van der Waals surface area contributed by atoms with Gasteiger partial charge in [-0.3, -0.25) is 0 Å². The van der Waals surface area contributed by atoms with Crippen molar-refractivity contribution in [2.75, 3.05) is 0 Å². The zero-order chi connectivity index (χ0) is 37.5. The lowest BCUT2D eigenvalue weighted by Crippen LogP contribution is -2.32. The molecule has 266 valence electrons. The molecule has 12 rings (SSSR count). The number of nitrogens with zero attached hydrogens (tertiary/aromatic N) is 2. The second kappa shape index (κ2) is 12.4. The Morgan fingerprint density at radius 3 is 1.91 bits per heavy atom. The molecule has 1 unspecified atom stereocenters. The van der Waals surface area contributed by atoms with E-state index < -0.39 is 5.41 Å². The molecule has 3 heterocycles. The van der Waals surface area contributed by atoms with Gasteiger partial charge in [-0.15, -0.1) is 11.3 Å². The van der Waals surface area contributed by atoms with E-state index in [-0.39, 0.29) is 0 Å². The predicted octanol–water partition coefficient (Wildman–Crippen LogP) is 14.0. The third-order valence-corrected chi connectivity index (χ3v) is 12.9. The summed E-state index contributed by atoms with van der Waals surface area (Å²) >= 11 is 1.87. The van der Waals surface area contributed by atoms with Crippen LogP contribution in [0.5, 0.6) is 11.5 Å². The van der Waals surface area contributed by atoms with Crippen molar-refractivity contribution in [1.82, 2.24) is 9.97 Å². The lowest BCUT2D eigenvalue weighted by Gasteiger charge is -2.39. The van der Waals surface area contributed by atoms with Gasteiger partial charge in [-0.25, -0.2) is 9.97 Å². The van der Waals surface area contributed by atoms with Crippen molar-refractivity contribution in [3.63, 3.8) is 0 Å². The zero-order valence-corrected chi connectivity index (χ0v) is 31.5. The molecule has 1 aliphatic carbocycles. The molecule has 1 aliphatic heterocycles. The minimum absolute atomic E-state index is 0.581. The SMILES string of the molecule is c1ccc(-c2cc(-c3cccc(-c4ccc5c(c4)C4(c6ccccc6O5)c5ccccc5-c5c4ccc4sc6ccccc6c54)c3)nc(-c3ccccc3)n2)cc1. The smallest absolute Gasteiger partial charge is 0.160 e. The molecule has 0 bridgehead atoms. The number of benzene rings is 8. The molecule has 2 aliphatic rings. The average Bonchev–Trinajstić information content (AvgIpc) is 3.81. The summed E-state index contributed by atoms with van der Waals surface area (Å²) in [4.78, 5) is 10.2. The summed E-state index contributed by atoms with van der Waals surface area (Å²) in [6, 6.07) is 69.3. The third kappa shape index (κ3) is 4.78. The average molecular weight is 745 g/mol.